The largest absolute Gasteiger partial charge is 0.352 e. The highest BCUT2D eigenvalue weighted by molar-refractivity contribution is 6.29. The second-order valence-corrected chi connectivity index (χ2v) is 9.25. The summed E-state index contributed by atoms with van der Waals surface area (Å²) in [6.45, 7) is 2.97. The van der Waals surface area contributed by atoms with Gasteiger partial charge in [0, 0.05) is 51.1 Å². The molecule has 172 valence electrons. The summed E-state index contributed by atoms with van der Waals surface area (Å²) in [5, 5.41) is 3.48. The van der Waals surface area contributed by atoms with Crippen LogP contribution in [0.4, 0.5) is 5.82 Å². The van der Waals surface area contributed by atoms with Gasteiger partial charge < -0.3 is 15.1 Å². The van der Waals surface area contributed by atoms with Crippen molar-refractivity contribution in [1.29, 1.82) is 0 Å². The van der Waals surface area contributed by atoms with Gasteiger partial charge in [-0.1, -0.05) is 29.8 Å². The average Bonchev–Trinajstić information content (AvgIpc) is 3.49. The third-order valence-corrected chi connectivity index (χ3v) is 6.65. The molecule has 2 aliphatic rings. The number of likely N-dealkylation sites (N-methyl/N-ethyl adjacent to an activating group) is 1. The third kappa shape index (κ3) is 5.02. The van der Waals surface area contributed by atoms with E-state index in [1.807, 2.05) is 0 Å². The number of carbonyl (C=O) groups is 1. The van der Waals surface area contributed by atoms with Crippen LogP contribution in [0.25, 0.3) is 5.95 Å². The Balaban J connectivity index is 1.28. The lowest BCUT2D eigenvalue weighted by Crippen LogP contribution is -2.53. The van der Waals surface area contributed by atoms with Gasteiger partial charge in [-0.3, -0.25) is 9.36 Å². The van der Waals surface area contributed by atoms with E-state index >= 15 is 0 Å². The van der Waals surface area contributed by atoms with Crippen LogP contribution in [-0.4, -0.2) is 63.0 Å². The Hall–Kier alpha value is -2.97. The van der Waals surface area contributed by atoms with Gasteiger partial charge >= 0.3 is 0 Å². The summed E-state index contributed by atoms with van der Waals surface area (Å²) in [7, 11) is 2.08. The second kappa shape index (κ2) is 9.49. The number of benzene rings is 1. The summed E-state index contributed by atoms with van der Waals surface area (Å²) < 4.78 is 1.73. The Morgan fingerprint density at radius 3 is 2.91 bits per heavy atom. The molecule has 1 aliphatic heterocycles. The molecule has 0 saturated carbocycles. The molecule has 33 heavy (non-hydrogen) atoms. The molecule has 8 nitrogen and oxygen atoms in total. The van der Waals surface area contributed by atoms with Crippen LogP contribution in [0.1, 0.15) is 29.5 Å². The van der Waals surface area contributed by atoms with Gasteiger partial charge in [0.2, 0.25) is 11.9 Å². The van der Waals surface area contributed by atoms with Crippen molar-refractivity contribution in [3.05, 3.63) is 64.8 Å². The lowest BCUT2D eigenvalue weighted by Gasteiger charge is -2.40. The summed E-state index contributed by atoms with van der Waals surface area (Å²) in [5.74, 6) is 1.23. The van der Waals surface area contributed by atoms with Crippen LogP contribution in [0.3, 0.4) is 0 Å². The van der Waals surface area contributed by atoms with Gasteiger partial charge in [0.1, 0.15) is 17.3 Å². The number of hydrogen-bond donors (Lipinski definition) is 1. The number of aromatic nitrogens is 4. The number of piperazine rings is 1. The molecule has 1 atom stereocenters. The molecule has 0 bridgehead atoms. The van der Waals surface area contributed by atoms with Gasteiger partial charge in [-0.05, 0) is 43.0 Å². The van der Waals surface area contributed by atoms with E-state index in [2.05, 4.69) is 50.3 Å². The molecule has 0 spiro atoms. The van der Waals surface area contributed by atoms with E-state index in [9.17, 15) is 4.79 Å². The molecule has 1 saturated heterocycles. The first-order valence-corrected chi connectivity index (χ1v) is 11.8. The predicted octanol–water partition coefficient (Wildman–Crippen LogP) is 2.63. The minimum Gasteiger partial charge on any atom is -0.352 e. The fraction of sp³-hybridized carbons (Fsp3) is 0.417. The van der Waals surface area contributed by atoms with E-state index in [0.29, 0.717) is 24.1 Å². The predicted molar refractivity (Wildman–Crippen MR) is 128 cm³/mol. The van der Waals surface area contributed by atoms with Gasteiger partial charge in [0.15, 0.2) is 0 Å². The molecule has 1 fully saturated rings. The summed E-state index contributed by atoms with van der Waals surface area (Å²) >= 11 is 6.32. The van der Waals surface area contributed by atoms with Crippen molar-refractivity contribution in [3.8, 4) is 5.95 Å². The van der Waals surface area contributed by atoms with Crippen LogP contribution >= 0.6 is 11.6 Å². The van der Waals surface area contributed by atoms with Gasteiger partial charge in [-0.25, -0.2) is 9.97 Å². The van der Waals surface area contributed by atoms with Crippen LogP contribution < -0.4 is 10.2 Å². The fourth-order valence-electron chi connectivity index (χ4n) is 4.74. The summed E-state index contributed by atoms with van der Waals surface area (Å²) in [4.78, 5) is 30.4. The Bertz CT molecular complexity index is 1130. The highest BCUT2D eigenvalue weighted by Crippen LogP contribution is 2.25. The standard InChI is InChI=1S/C24H28ClN7O/c1-30-9-10-32(22-13-21(25)28-24(29-22)31-8-7-26-16-31)20(15-30)12-23(33)27-14-17-5-6-18-3-2-4-19(18)11-17/h5-8,11,13,16,20H,2-4,9-10,12,14-15H2,1H3,(H,27,33). The first kappa shape index (κ1) is 21.9. The fourth-order valence-corrected chi connectivity index (χ4v) is 4.92. The third-order valence-electron chi connectivity index (χ3n) is 6.46. The molecule has 0 radical (unpaired) electrons. The van der Waals surface area contributed by atoms with Crippen LogP contribution in [0.5, 0.6) is 0 Å². The van der Waals surface area contributed by atoms with E-state index in [0.717, 1.165) is 37.4 Å². The van der Waals surface area contributed by atoms with Crippen molar-refractivity contribution >= 4 is 23.3 Å². The molecule has 1 aromatic carbocycles. The zero-order chi connectivity index (χ0) is 22.8. The second-order valence-electron chi connectivity index (χ2n) is 8.87. The molecule has 9 heteroatoms. The maximum absolute atomic E-state index is 12.9. The number of anilines is 1. The van der Waals surface area contributed by atoms with Crippen LogP contribution in [-0.2, 0) is 24.2 Å². The quantitative estimate of drug-likeness (QED) is 0.564. The van der Waals surface area contributed by atoms with Crippen molar-refractivity contribution in [1.82, 2.24) is 29.7 Å². The first-order chi connectivity index (χ1) is 16.0. The minimum atomic E-state index is -0.00891. The Morgan fingerprint density at radius 2 is 2.06 bits per heavy atom. The molecule has 3 heterocycles. The maximum Gasteiger partial charge on any atom is 0.238 e. The zero-order valence-electron chi connectivity index (χ0n) is 18.7. The van der Waals surface area contributed by atoms with E-state index in [1.54, 1.807) is 29.4 Å². The van der Waals surface area contributed by atoms with Crippen molar-refractivity contribution in [2.75, 3.05) is 31.6 Å². The monoisotopic (exact) mass is 465 g/mol. The van der Waals surface area contributed by atoms with Crippen molar-refractivity contribution in [3.63, 3.8) is 0 Å². The highest BCUT2D eigenvalue weighted by atomic mass is 35.5. The number of hydrogen-bond acceptors (Lipinski definition) is 6. The molecule has 1 amide bonds. The maximum atomic E-state index is 12.9. The number of nitrogens with one attached hydrogen (secondary N) is 1. The smallest absolute Gasteiger partial charge is 0.238 e. The van der Waals surface area contributed by atoms with Gasteiger partial charge in [0.05, 0.1) is 6.04 Å². The number of carbonyl (C=O) groups excluding carboxylic acids is 1. The molecule has 3 aromatic rings. The zero-order valence-corrected chi connectivity index (χ0v) is 19.5. The van der Waals surface area contributed by atoms with Gasteiger partial charge in [-0.15, -0.1) is 0 Å². The molecule has 2 aromatic heterocycles. The van der Waals surface area contributed by atoms with Crippen LogP contribution in [0, 0.1) is 0 Å². The van der Waals surface area contributed by atoms with E-state index in [4.69, 9.17) is 16.6 Å². The van der Waals surface area contributed by atoms with E-state index in [-0.39, 0.29) is 11.9 Å². The average molecular weight is 466 g/mol. The van der Waals surface area contributed by atoms with Crippen LogP contribution in [0.2, 0.25) is 5.15 Å². The summed E-state index contributed by atoms with van der Waals surface area (Å²) in [5.41, 5.74) is 4.04. The lowest BCUT2D eigenvalue weighted by atomic mass is 10.1. The number of aryl methyl sites for hydroxylation is 2. The van der Waals surface area contributed by atoms with Crippen molar-refractivity contribution < 1.29 is 4.79 Å². The normalized spacial score (nSPS) is 18.4. The topological polar surface area (TPSA) is 79.2 Å². The number of halogens is 1. The summed E-state index contributed by atoms with van der Waals surface area (Å²) in [6.07, 6.45) is 9.02. The molecule has 1 unspecified atom stereocenters. The molecule has 1 N–H and O–H groups in total. The molecular weight excluding hydrogens is 438 g/mol. The van der Waals surface area contributed by atoms with Crippen molar-refractivity contribution in [2.45, 2.75) is 38.3 Å². The van der Waals surface area contributed by atoms with E-state index in [1.165, 1.54) is 24.0 Å². The molecule has 5 rings (SSSR count). The number of imidazole rings is 1. The minimum absolute atomic E-state index is 0.00891. The molecular formula is C24H28ClN7O. The van der Waals surface area contributed by atoms with Crippen molar-refractivity contribution in [2.24, 2.45) is 0 Å². The number of fused-ring (bicyclic) bond motifs is 1. The van der Waals surface area contributed by atoms with Crippen LogP contribution in [0.15, 0.2) is 43.0 Å². The highest BCUT2D eigenvalue weighted by Gasteiger charge is 2.29. The molecule has 1 aliphatic carbocycles. The van der Waals surface area contributed by atoms with E-state index < -0.39 is 0 Å². The van der Waals surface area contributed by atoms with Gasteiger partial charge in [0.25, 0.3) is 0 Å². The summed E-state index contributed by atoms with van der Waals surface area (Å²) in [6, 6.07) is 8.33. The Morgan fingerprint density at radius 1 is 1.18 bits per heavy atom. The van der Waals surface area contributed by atoms with Gasteiger partial charge in [-0.2, -0.15) is 4.98 Å². The SMILES string of the molecule is CN1CCN(c2cc(Cl)nc(-n3ccnc3)n2)C(CC(=O)NCc2ccc3c(c2)CCC3)C1. The Kier molecular flexibility index (Phi) is 6.28. The Labute approximate surface area is 198 Å². The number of nitrogens with zero attached hydrogens (tertiary/aromatic N) is 6. The lowest BCUT2D eigenvalue weighted by molar-refractivity contribution is -0.121. The first-order valence-electron chi connectivity index (χ1n) is 11.4. The number of rotatable bonds is 6. The number of amides is 1.